The normalized spacial score (nSPS) is 12.4. The first kappa shape index (κ1) is 10.7. The molecule has 0 bridgehead atoms. The summed E-state index contributed by atoms with van der Waals surface area (Å²) in [7, 11) is 0. The molecule has 0 aliphatic heterocycles. The van der Waals surface area contributed by atoms with Crippen molar-refractivity contribution in [1.82, 2.24) is 0 Å². The number of carboxylic acid groups (broad SMARTS) is 1. The molecule has 0 spiro atoms. The quantitative estimate of drug-likeness (QED) is 0.784. The van der Waals surface area contributed by atoms with E-state index in [9.17, 15) is 9.18 Å². The summed E-state index contributed by atoms with van der Waals surface area (Å²) in [6.07, 6.45) is 0.490. The molecule has 0 aliphatic carbocycles. The fourth-order valence-electron chi connectivity index (χ4n) is 1.34. The molecule has 1 aromatic carbocycles. The fourth-order valence-corrected chi connectivity index (χ4v) is 1.34. The number of benzene rings is 1. The molecule has 0 saturated heterocycles. The summed E-state index contributed by atoms with van der Waals surface area (Å²) in [6.45, 7) is -0.580. The number of hydrogen-bond acceptors (Lipinski definition) is 1. The van der Waals surface area contributed by atoms with Crippen molar-refractivity contribution < 1.29 is 14.3 Å². The first-order chi connectivity index (χ1) is 6.74. The standard InChI is InChI=1S/C11H13FO2/c12-7-6-10(11(13)14)8-9-4-2-1-3-5-9/h1-5,10H,6-8H2,(H,13,14). The molecule has 14 heavy (non-hydrogen) atoms. The predicted molar refractivity (Wildman–Crippen MR) is 51.9 cm³/mol. The fraction of sp³-hybridized carbons (Fsp3) is 0.364. The summed E-state index contributed by atoms with van der Waals surface area (Å²) in [5.74, 6) is -1.53. The van der Waals surface area contributed by atoms with Crippen LogP contribution in [0.4, 0.5) is 4.39 Å². The van der Waals surface area contributed by atoms with Crippen LogP contribution in [0.5, 0.6) is 0 Å². The van der Waals surface area contributed by atoms with E-state index < -0.39 is 18.6 Å². The molecule has 1 atom stereocenters. The summed E-state index contributed by atoms with van der Waals surface area (Å²) in [4.78, 5) is 10.7. The first-order valence-electron chi connectivity index (χ1n) is 4.56. The van der Waals surface area contributed by atoms with Crippen molar-refractivity contribution in [3.05, 3.63) is 35.9 Å². The molecule has 76 valence electrons. The highest BCUT2D eigenvalue weighted by molar-refractivity contribution is 5.70. The highest BCUT2D eigenvalue weighted by Crippen LogP contribution is 2.12. The van der Waals surface area contributed by atoms with Crippen LogP contribution >= 0.6 is 0 Å². The highest BCUT2D eigenvalue weighted by atomic mass is 19.1. The number of halogens is 1. The van der Waals surface area contributed by atoms with Gasteiger partial charge in [-0.05, 0) is 18.4 Å². The van der Waals surface area contributed by atoms with Crippen molar-refractivity contribution in [3.63, 3.8) is 0 Å². The van der Waals surface area contributed by atoms with E-state index in [1.807, 2.05) is 30.3 Å². The van der Waals surface area contributed by atoms with Gasteiger partial charge in [-0.15, -0.1) is 0 Å². The zero-order valence-corrected chi connectivity index (χ0v) is 7.82. The third kappa shape index (κ3) is 3.17. The molecule has 0 radical (unpaired) electrons. The molecular formula is C11H13FO2. The maximum absolute atomic E-state index is 12.0. The van der Waals surface area contributed by atoms with Gasteiger partial charge in [-0.3, -0.25) is 9.18 Å². The second kappa shape index (κ2) is 5.37. The lowest BCUT2D eigenvalue weighted by atomic mass is 9.97. The third-order valence-corrected chi connectivity index (χ3v) is 2.13. The van der Waals surface area contributed by atoms with Crippen LogP contribution in [0.1, 0.15) is 12.0 Å². The van der Waals surface area contributed by atoms with E-state index in [2.05, 4.69) is 0 Å². The summed E-state index contributed by atoms with van der Waals surface area (Å²) in [5, 5.41) is 8.80. The lowest BCUT2D eigenvalue weighted by Crippen LogP contribution is -2.17. The van der Waals surface area contributed by atoms with Crippen LogP contribution in [-0.2, 0) is 11.2 Å². The third-order valence-electron chi connectivity index (χ3n) is 2.13. The maximum atomic E-state index is 12.0. The zero-order chi connectivity index (χ0) is 10.4. The van der Waals surface area contributed by atoms with Gasteiger partial charge in [0.25, 0.3) is 0 Å². The largest absolute Gasteiger partial charge is 0.481 e. The Bertz CT molecular complexity index is 285. The zero-order valence-electron chi connectivity index (χ0n) is 7.82. The van der Waals surface area contributed by atoms with E-state index in [0.717, 1.165) is 5.56 Å². The van der Waals surface area contributed by atoms with Gasteiger partial charge in [0.15, 0.2) is 0 Å². The van der Waals surface area contributed by atoms with E-state index in [-0.39, 0.29) is 6.42 Å². The van der Waals surface area contributed by atoms with Crippen LogP contribution in [0.25, 0.3) is 0 Å². The van der Waals surface area contributed by atoms with Crippen molar-refractivity contribution in [1.29, 1.82) is 0 Å². The van der Waals surface area contributed by atoms with Crippen molar-refractivity contribution in [2.45, 2.75) is 12.8 Å². The van der Waals surface area contributed by atoms with Crippen molar-refractivity contribution in [2.24, 2.45) is 5.92 Å². The molecular weight excluding hydrogens is 183 g/mol. The molecule has 2 nitrogen and oxygen atoms in total. The van der Waals surface area contributed by atoms with Gasteiger partial charge in [0.1, 0.15) is 0 Å². The minimum absolute atomic E-state index is 0.0875. The van der Waals surface area contributed by atoms with Crippen molar-refractivity contribution in [2.75, 3.05) is 6.67 Å². The van der Waals surface area contributed by atoms with E-state index in [1.54, 1.807) is 0 Å². The van der Waals surface area contributed by atoms with Crippen LogP contribution in [0.2, 0.25) is 0 Å². The number of hydrogen-bond donors (Lipinski definition) is 1. The van der Waals surface area contributed by atoms with Gasteiger partial charge in [0.05, 0.1) is 12.6 Å². The molecule has 0 fully saturated rings. The average Bonchev–Trinajstić information content (AvgIpc) is 2.18. The van der Waals surface area contributed by atoms with Gasteiger partial charge in [0.2, 0.25) is 0 Å². The Morgan fingerprint density at radius 1 is 1.36 bits per heavy atom. The maximum Gasteiger partial charge on any atom is 0.306 e. The Morgan fingerprint density at radius 3 is 2.50 bits per heavy atom. The van der Waals surface area contributed by atoms with Crippen LogP contribution < -0.4 is 0 Å². The Morgan fingerprint density at radius 2 is 2.00 bits per heavy atom. The van der Waals surface area contributed by atoms with Crippen LogP contribution in [0.3, 0.4) is 0 Å². The van der Waals surface area contributed by atoms with E-state index in [1.165, 1.54) is 0 Å². The number of aliphatic carboxylic acids is 1. The number of carbonyl (C=O) groups is 1. The Labute approximate surface area is 82.4 Å². The SMILES string of the molecule is O=C(O)C(CCF)Cc1ccccc1. The monoisotopic (exact) mass is 196 g/mol. The van der Waals surface area contributed by atoms with E-state index in [0.29, 0.717) is 6.42 Å². The molecule has 1 rings (SSSR count). The van der Waals surface area contributed by atoms with Gasteiger partial charge in [-0.25, -0.2) is 0 Å². The number of alkyl halides is 1. The minimum Gasteiger partial charge on any atom is -0.481 e. The topological polar surface area (TPSA) is 37.3 Å². The minimum atomic E-state index is -0.925. The van der Waals surface area contributed by atoms with Crippen LogP contribution in [-0.4, -0.2) is 17.8 Å². The Balaban J connectivity index is 2.60. The number of carboxylic acids is 1. The molecule has 1 aromatic rings. The summed E-state index contributed by atoms with van der Waals surface area (Å²) >= 11 is 0. The van der Waals surface area contributed by atoms with Crippen LogP contribution in [0, 0.1) is 5.92 Å². The van der Waals surface area contributed by atoms with Crippen molar-refractivity contribution >= 4 is 5.97 Å². The first-order valence-corrected chi connectivity index (χ1v) is 4.56. The van der Waals surface area contributed by atoms with E-state index >= 15 is 0 Å². The van der Waals surface area contributed by atoms with Gasteiger partial charge < -0.3 is 5.11 Å². The Hall–Kier alpha value is -1.38. The van der Waals surface area contributed by atoms with E-state index in [4.69, 9.17) is 5.11 Å². The number of rotatable bonds is 5. The van der Waals surface area contributed by atoms with Crippen molar-refractivity contribution in [3.8, 4) is 0 Å². The lowest BCUT2D eigenvalue weighted by Gasteiger charge is -2.09. The molecule has 0 aromatic heterocycles. The molecule has 0 heterocycles. The molecule has 3 heteroatoms. The van der Waals surface area contributed by atoms with Gasteiger partial charge in [0, 0.05) is 0 Å². The van der Waals surface area contributed by atoms with Gasteiger partial charge in [-0.1, -0.05) is 30.3 Å². The van der Waals surface area contributed by atoms with Gasteiger partial charge in [-0.2, -0.15) is 0 Å². The highest BCUT2D eigenvalue weighted by Gasteiger charge is 2.17. The summed E-state index contributed by atoms with van der Waals surface area (Å²) in [6, 6.07) is 9.28. The second-order valence-electron chi connectivity index (χ2n) is 3.20. The predicted octanol–water partition coefficient (Wildman–Crippen LogP) is 2.29. The average molecular weight is 196 g/mol. The van der Waals surface area contributed by atoms with Crippen LogP contribution in [0.15, 0.2) is 30.3 Å². The Kier molecular flexibility index (Phi) is 4.11. The molecule has 1 unspecified atom stereocenters. The second-order valence-corrected chi connectivity index (χ2v) is 3.20. The molecule has 0 amide bonds. The summed E-state index contributed by atoms with van der Waals surface area (Å²) < 4.78 is 12.0. The summed E-state index contributed by atoms with van der Waals surface area (Å²) in [5.41, 5.74) is 0.938. The smallest absolute Gasteiger partial charge is 0.306 e. The lowest BCUT2D eigenvalue weighted by molar-refractivity contribution is -0.142. The molecule has 0 aliphatic rings. The molecule has 0 saturated carbocycles. The molecule has 1 N–H and O–H groups in total. The van der Waals surface area contributed by atoms with Gasteiger partial charge >= 0.3 is 5.97 Å².